The van der Waals surface area contributed by atoms with Gasteiger partial charge in [0.05, 0.1) is 6.61 Å². The van der Waals surface area contributed by atoms with E-state index in [4.69, 9.17) is 9.47 Å². The maximum atomic E-state index is 6.22. The van der Waals surface area contributed by atoms with Gasteiger partial charge < -0.3 is 9.47 Å². The van der Waals surface area contributed by atoms with E-state index in [0.29, 0.717) is 11.3 Å². The summed E-state index contributed by atoms with van der Waals surface area (Å²) in [5, 5.41) is 0. The SMILES string of the molecule is CC.CC(C)COC(CCCC1CCCCC1)Oc1ccc(CC(C)(C)C)cc1. The Labute approximate surface area is 181 Å². The highest BCUT2D eigenvalue weighted by Gasteiger charge is 2.17. The van der Waals surface area contributed by atoms with Crippen LogP contribution in [0.4, 0.5) is 0 Å². The van der Waals surface area contributed by atoms with Crippen LogP contribution in [0.2, 0.25) is 0 Å². The topological polar surface area (TPSA) is 18.5 Å². The maximum Gasteiger partial charge on any atom is 0.199 e. The fraction of sp³-hybridized carbons (Fsp3) is 0.778. The highest BCUT2D eigenvalue weighted by molar-refractivity contribution is 5.27. The zero-order chi connectivity index (χ0) is 21.7. The minimum Gasteiger partial charge on any atom is -0.465 e. The Morgan fingerprint density at radius 2 is 1.59 bits per heavy atom. The average molecular weight is 405 g/mol. The summed E-state index contributed by atoms with van der Waals surface area (Å²) in [5.74, 6) is 2.39. The molecule has 1 aliphatic rings. The Morgan fingerprint density at radius 1 is 0.966 bits per heavy atom. The van der Waals surface area contributed by atoms with Crippen molar-refractivity contribution in [2.24, 2.45) is 17.3 Å². The molecule has 2 rings (SSSR count). The summed E-state index contributed by atoms with van der Waals surface area (Å²) in [5.41, 5.74) is 1.68. The number of rotatable bonds is 10. The zero-order valence-electron chi connectivity index (χ0n) is 20.4. The molecule has 29 heavy (non-hydrogen) atoms. The van der Waals surface area contributed by atoms with E-state index < -0.39 is 0 Å². The normalized spacial score (nSPS) is 16.3. The predicted octanol–water partition coefficient (Wildman–Crippen LogP) is 8.43. The van der Waals surface area contributed by atoms with Gasteiger partial charge in [-0.3, -0.25) is 0 Å². The van der Waals surface area contributed by atoms with E-state index in [1.165, 1.54) is 50.5 Å². The Balaban J connectivity index is 0.00000204. The van der Waals surface area contributed by atoms with E-state index >= 15 is 0 Å². The van der Waals surface area contributed by atoms with Crippen LogP contribution in [-0.2, 0) is 11.2 Å². The van der Waals surface area contributed by atoms with Crippen molar-refractivity contribution in [3.63, 3.8) is 0 Å². The van der Waals surface area contributed by atoms with Crippen molar-refractivity contribution in [3.8, 4) is 5.75 Å². The van der Waals surface area contributed by atoms with E-state index in [1.807, 2.05) is 13.8 Å². The first-order valence-electron chi connectivity index (χ1n) is 12.2. The van der Waals surface area contributed by atoms with E-state index in [1.54, 1.807) is 0 Å². The quantitative estimate of drug-likeness (QED) is 0.364. The van der Waals surface area contributed by atoms with Crippen molar-refractivity contribution >= 4 is 0 Å². The van der Waals surface area contributed by atoms with Crippen molar-refractivity contribution < 1.29 is 9.47 Å². The van der Waals surface area contributed by atoms with Crippen molar-refractivity contribution in [2.45, 2.75) is 113 Å². The van der Waals surface area contributed by atoms with Gasteiger partial charge in [-0.2, -0.15) is 0 Å². The third-order valence-corrected chi connectivity index (χ3v) is 5.32. The molecule has 1 saturated carbocycles. The summed E-state index contributed by atoms with van der Waals surface area (Å²) < 4.78 is 12.3. The fourth-order valence-corrected chi connectivity index (χ4v) is 3.98. The Morgan fingerprint density at radius 3 is 2.14 bits per heavy atom. The lowest BCUT2D eigenvalue weighted by molar-refractivity contribution is -0.0941. The minimum atomic E-state index is -0.121. The van der Waals surface area contributed by atoms with E-state index in [-0.39, 0.29) is 6.29 Å². The van der Waals surface area contributed by atoms with Gasteiger partial charge in [-0.1, -0.05) is 99.1 Å². The molecule has 0 heterocycles. The zero-order valence-corrected chi connectivity index (χ0v) is 20.4. The van der Waals surface area contributed by atoms with Gasteiger partial charge in [0.15, 0.2) is 6.29 Å². The average Bonchev–Trinajstić information content (AvgIpc) is 2.68. The van der Waals surface area contributed by atoms with Crippen LogP contribution in [0.1, 0.15) is 105 Å². The molecule has 0 N–H and O–H groups in total. The van der Waals surface area contributed by atoms with Gasteiger partial charge in [0, 0.05) is 6.42 Å². The Bertz CT molecular complexity index is 506. The summed E-state index contributed by atoms with van der Waals surface area (Å²) in [7, 11) is 0. The molecule has 1 unspecified atom stereocenters. The van der Waals surface area contributed by atoms with Gasteiger partial charge in [-0.05, 0) is 47.8 Å². The highest BCUT2D eigenvalue weighted by Crippen LogP contribution is 2.29. The van der Waals surface area contributed by atoms with Crippen molar-refractivity contribution in [2.75, 3.05) is 6.61 Å². The Hall–Kier alpha value is -1.02. The second-order valence-corrected chi connectivity index (χ2v) is 10.1. The predicted molar refractivity (Wildman–Crippen MR) is 127 cm³/mol. The molecular weight excluding hydrogens is 356 g/mol. The van der Waals surface area contributed by atoms with Gasteiger partial charge in [-0.15, -0.1) is 0 Å². The molecule has 2 nitrogen and oxygen atoms in total. The molecule has 2 heteroatoms. The van der Waals surface area contributed by atoms with Crippen LogP contribution in [0.25, 0.3) is 0 Å². The van der Waals surface area contributed by atoms with E-state index in [9.17, 15) is 0 Å². The maximum absolute atomic E-state index is 6.22. The van der Waals surface area contributed by atoms with Crippen LogP contribution in [0, 0.1) is 17.3 Å². The van der Waals surface area contributed by atoms with Crippen LogP contribution < -0.4 is 4.74 Å². The number of hydrogen-bond acceptors (Lipinski definition) is 2. The van der Waals surface area contributed by atoms with Crippen molar-refractivity contribution in [1.29, 1.82) is 0 Å². The molecule has 168 valence electrons. The first-order valence-corrected chi connectivity index (χ1v) is 12.2. The molecule has 1 aliphatic carbocycles. The Kier molecular flexibility index (Phi) is 12.6. The molecule has 1 fully saturated rings. The summed E-state index contributed by atoms with van der Waals surface area (Å²) in [6.07, 6.45) is 11.6. The molecule has 1 atom stereocenters. The summed E-state index contributed by atoms with van der Waals surface area (Å²) in [6, 6.07) is 8.60. The van der Waals surface area contributed by atoms with Gasteiger partial charge in [0.1, 0.15) is 5.75 Å². The smallest absolute Gasteiger partial charge is 0.199 e. The highest BCUT2D eigenvalue weighted by atomic mass is 16.7. The lowest BCUT2D eigenvalue weighted by Gasteiger charge is -2.24. The van der Waals surface area contributed by atoms with E-state index in [2.05, 4.69) is 58.9 Å². The van der Waals surface area contributed by atoms with Gasteiger partial charge in [0.2, 0.25) is 0 Å². The molecule has 1 aromatic carbocycles. The van der Waals surface area contributed by atoms with Crippen LogP contribution in [0.15, 0.2) is 24.3 Å². The first kappa shape index (κ1) is 26.0. The first-order chi connectivity index (χ1) is 13.8. The fourth-order valence-electron chi connectivity index (χ4n) is 3.98. The molecule has 0 radical (unpaired) electrons. The second kappa shape index (κ2) is 14.1. The standard InChI is InChI=1S/C25H42O2.C2H6/c1-20(2)19-26-24(13-9-12-21-10-7-6-8-11-21)27-23-16-14-22(15-17-23)18-25(3,4)5;1-2/h14-17,20-21,24H,6-13,18-19H2,1-5H3;1-2H3. The third-order valence-electron chi connectivity index (χ3n) is 5.32. The van der Waals surface area contributed by atoms with Crippen molar-refractivity contribution in [1.82, 2.24) is 0 Å². The number of ether oxygens (including phenoxy) is 2. The minimum absolute atomic E-state index is 0.121. The number of hydrogen-bond donors (Lipinski definition) is 0. The molecule has 0 spiro atoms. The lowest BCUT2D eigenvalue weighted by atomic mass is 9.86. The second-order valence-electron chi connectivity index (χ2n) is 10.1. The molecular formula is C27H48O2. The van der Waals surface area contributed by atoms with Crippen LogP contribution in [0.3, 0.4) is 0 Å². The molecule has 0 bridgehead atoms. The van der Waals surface area contributed by atoms with Crippen molar-refractivity contribution in [3.05, 3.63) is 29.8 Å². The largest absolute Gasteiger partial charge is 0.465 e. The summed E-state index contributed by atoms with van der Waals surface area (Å²) in [6.45, 7) is 16.0. The van der Waals surface area contributed by atoms with Crippen LogP contribution >= 0.6 is 0 Å². The van der Waals surface area contributed by atoms with Crippen LogP contribution in [0.5, 0.6) is 5.75 Å². The number of benzene rings is 1. The van der Waals surface area contributed by atoms with Gasteiger partial charge in [0.25, 0.3) is 0 Å². The molecule has 0 aliphatic heterocycles. The third kappa shape index (κ3) is 12.3. The lowest BCUT2D eigenvalue weighted by Crippen LogP contribution is -2.23. The molecule has 0 amide bonds. The molecule has 0 saturated heterocycles. The monoisotopic (exact) mass is 404 g/mol. The molecule has 0 aromatic heterocycles. The summed E-state index contributed by atoms with van der Waals surface area (Å²) >= 11 is 0. The van der Waals surface area contributed by atoms with E-state index in [0.717, 1.165) is 31.1 Å². The summed E-state index contributed by atoms with van der Waals surface area (Å²) in [4.78, 5) is 0. The molecule has 1 aromatic rings. The van der Waals surface area contributed by atoms with Gasteiger partial charge >= 0.3 is 0 Å². The van der Waals surface area contributed by atoms with Crippen LogP contribution in [-0.4, -0.2) is 12.9 Å². The van der Waals surface area contributed by atoms with Gasteiger partial charge in [-0.25, -0.2) is 0 Å².